The van der Waals surface area contributed by atoms with Gasteiger partial charge in [-0.05, 0) is 18.2 Å². The third kappa shape index (κ3) is 2.90. The fourth-order valence-corrected chi connectivity index (χ4v) is 3.17. The number of hydrogen-bond donors (Lipinski definition) is 2. The summed E-state index contributed by atoms with van der Waals surface area (Å²) >= 11 is 0. The first-order valence-corrected chi connectivity index (χ1v) is 8.46. The Morgan fingerprint density at radius 2 is 1.96 bits per heavy atom. The minimum atomic E-state index is -0.199. The van der Waals surface area contributed by atoms with Crippen molar-refractivity contribution >= 4 is 28.4 Å². The normalized spacial score (nSPS) is 14.1. The number of aromatic amines is 1. The van der Waals surface area contributed by atoms with Crippen LogP contribution in [0.15, 0.2) is 54.7 Å². The van der Waals surface area contributed by atoms with Crippen LogP contribution in [0.1, 0.15) is 10.4 Å². The average Bonchev–Trinajstić information content (AvgIpc) is 3.04. The molecule has 26 heavy (non-hydrogen) atoms. The van der Waals surface area contributed by atoms with Gasteiger partial charge in [0.2, 0.25) is 5.91 Å². The van der Waals surface area contributed by atoms with Crippen LogP contribution < -0.4 is 10.1 Å². The molecule has 0 atom stereocenters. The highest BCUT2D eigenvalue weighted by molar-refractivity contribution is 6.07. The van der Waals surface area contributed by atoms with E-state index in [-0.39, 0.29) is 17.7 Å². The standard InChI is InChI=1S/C20H19N3O3/c1-26-15-6-4-5-14(9-15)22-19(24)13-11-23(12-13)20(25)17-10-21-18-8-3-2-7-16(17)18/h2-10,13,21H,11-12H2,1H3,(H,22,24). The number of methoxy groups -OCH3 is 1. The molecule has 2 heterocycles. The Kier molecular flexibility index (Phi) is 4.08. The van der Waals surface area contributed by atoms with Crippen LogP contribution in [0.2, 0.25) is 0 Å². The lowest BCUT2D eigenvalue weighted by atomic mass is 9.97. The summed E-state index contributed by atoms with van der Waals surface area (Å²) in [7, 11) is 1.58. The monoisotopic (exact) mass is 349 g/mol. The van der Waals surface area contributed by atoms with Crippen LogP contribution in [0.3, 0.4) is 0 Å². The molecule has 132 valence electrons. The molecule has 1 aliphatic heterocycles. The largest absolute Gasteiger partial charge is 0.497 e. The van der Waals surface area contributed by atoms with Gasteiger partial charge in [-0.1, -0.05) is 24.3 Å². The number of ether oxygens (including phenoxy) is 1. The van der Waals surface area contributed by atoms with Crippen LogP contribution in [0.4, 0.5) is 5.69 Å². The van der Waals surface area contributed by atoms with Crippen molar-refractivity contribution in [3.63, 3.8) is 0 Å². The van der Waals surface area contributed by atoms with Gasteiger partial charge in [0.25, 0.3) is 5.91 Å². The summed E-state index contributed by atoms with van der Waals surface area (Å²) in [5, 5.41) is 3.78. The smallest absolute Gasteiger partial charge is 0.256 e. The predicted molar refractivity (Wildman–Crippen MR) is 99.3 cm³/mol. The van der Waals surface area contributed by atoms with E-state index in [0.717, 1.165) is 10.9 Å². The molecule has 6 nitrogen and oxygen atoms in total. The van der Waals surface area contributed by atoms with Gasteiger partial charge in [0, 0.05) is 41.9 Å². The Balaban J connectivity index is 1.38. The summed E-state index contributed by atoms with van der Waals surface area (Å²) in [5.74, 6) is 0.358. The van der Waals surface area contributed by atoms with E-state index in [0.29, 0.717) is 30.1 Å². The Morgan fingerprint density at radius 1 is 1.15 bits per heavy atom. The number of nitrogens with zero attached hydrogens (tertiary/aromatic N) is 1. The van der Waals surface area contributed by atoms with Crippen LogP contribution in [-0.2, 0) is 4.79 Å². The molecule has 2 amide bonds. The molecule has 2 aromatic carbocycles. The molecular weight excluding hydrogens is 330 g/mol. The van der Waals surface area contributed by atoms with E-state index >= 15 is 0 Å². The molecule has 0 saturated carbocycles. The highest BCUT2D eigenvalue weighted by Crippen LogP contribution is 2.25. The molecular formula is C20H19N3O3. The first kappa shape index (κ1) is 16.2. The van der Waals surface area contributed by atoms with Crippen LogP contribution in [0.25, 0.3) is 10.9 Å². The number of rotatable bonds is 4. The Hall–Kier alpha value is -3.28. The zero-order valence-corrected chi connectivity index (χ0v) is 14.4. The number of likely N-dealkylation sites (tertiary alicyclic amines) is 1. The van der Waals surface area contributed by atoms with Gasteiger partial charge in [0.1, 0.15) is 5.75 Å². The predicted octanol–water partition coefficient (Wildman–Crippen LogP) is 2.89. The second-order valence-electron chi connectivity index (χ2n) is 6.38. The number of fused-ring (bicyclic) bond motifs is 1. The number of anilines is 1. The number of carbonyl (C=O) groups excluding carboxylic acids is 2. The topological polar surface area (TPSA) is 74.4 Å². The maximum absolute atomic E-state index is 12.7. The van der Waals surface area contributed by atoms with Gasteiger partial charge in [-0.25, -0.2) is 0 Å². The number of amides is 2. The lowest BCUT2D eigenvalue weighted by Gasteiger charge is -2.38. The molecule has 3 aromatic rings. The van der Waals surface area contributed by atoms with Crippen LogP contribution in [-0.4, -0.2) is 41.9 Å². The number of carbonyl (C=O) groups is 2. The highest BCUT2D eigenvalue weighted by atomic mass is 16.5. The first-order valence-electron chi connectivity index (χ1n) is 8.46. The molecule has 1 fully saturated rings. The maximum atomic E-state index is 12.7. The molecule has 0 bridgehead atoms. The maximum Gasteiger partial charge on any atom is 0.256 e. The molecule has 1 saturated heterocycles. The quantitative estimate of drug-likeness (QED) is 0.760. The summed E-state index contributed by atoms with van der Waals surface area (Å²) in [4.78, 5) is 29.8. The second kappa shape index (κ2) is 6.55. The fourth-order valence-electron chi connectivity index (χ4n) is 3.17. The third-order valence-electron chi connectivity index (χ3n) is 4.70. The molecule has 0 aliphatic carbocycles. The highest BCUT2D eigenvalue weighted by Gasteiger charge is 2.36. The van der Waals surface area contributed by atoms with Crippen molar-refractivity contribution < 1.29 is 14.3 Å². The minimum Gasteiger partial charge on any atom is -0.497 e. The Morgan fingerprint density at radius 3 is 2.77 bits per heavy atom. The molecule has 1 aromatic heterocycles. The van der Waals surface area contributed by atoms with Crippen molar-refractivity contribution in [2.24, 2.45) is 5.92 Å². The summed E-state index contributed by atoms with van der Waals surface area (Å²) in [6, 6.07) is 14.9. The molecule has 0 spiro atoms. The van der Waals surface area contributed by atoms with E-state index in [1.807, 2.05) is 42.5 Å². The van der Waals surface area contributed by atoms with Crippen LogP contribution in [0, 0.1) is 5.92 Å². The second-order valence-corrected chi connectivity index (χ2v) is 6.38. The average molecular weight is 349 g/mol. The van der Waals surface area contributed by atoms with Crippen molar-refractivity contribution in [3.05, 3.63) is 60.3 Å². The zero-order valence-electron chi connectivity index (χ0n) is 14.4. The van der Waals surface area contributed by atoms with Crippen molar-refractivity contribution in [1.29, 1.82) is 0 Å². The van der Waals surface area contributed by atoms with E-state index in [2.05, 4.69) is 10.3 Å². The molecule has 1 aliphatic rings. The number of benzene rings is 2. The molecule has 2 N–H and O–H groups in total. The number of H-pyrrole nitrogens is 1. The van der Waals surface area contributed by atoms with E-state index in [4.69, 9.17) is 4.74 Å². The fraction of sp³-hybridized carbons (Fsp3) is 0.200. The minimum absolute atomic E-state index is 0.0483. The number of hydrogen-bond acceptors (Lipinski definition) is 3. The van der Waals surface area contributed by atoms with Crippen molar-refractivity contribution in [1.82, 2.24) is 9.88 Å². The van der Waals surface area contributed by atoms with Gasteiger partial charge >= 0.3 is 0 Å². The third-order valence-corrected chi connectivity index (χ3v) is 4.70. The van der Waals surface area contributed by atoms with Gasteiger partial charge in [0.05, 0.1) is 18.6 Å². The van der Waals surface area contributed by atoms with Gasteiger partial charge in [-0.2, -0.15) is 0 Å². The Labute approximate surface area is 150 Å². The SMILES string of the molecule is COc1cccc(NC(=O)C2CN(C(=O)c3c[nH]c4ccccc34)C2)c1. The number of para-hydroxylation sites is 1. The molecule has 0 radical (unpaired) electrons. The van der Waals surface area contributed by atoms with E-state index in [1.165, 1.54) is 0 Å². The summed E-state index contributed by atoms with van der Waals surface area (Å²) in [6.45, 7) is 0.849. The summed E-state index contributed by atoms with van der Waals surface area (Å²) < 4.78 is 5.16. The molecule has 0 unspecified atom stereocenters. The lowest BCUT2D eigenvalue weighted by Crippen LogP contribution is -2.54. The lowest BCUT2D eigenvalue weighted by molar-refractivity contribution is -0.123. The van der Waals surface area contributed by atoms with Gasteiger partial charge in [-0.3, -0.25) is 9.59 Å². The van der Waals surface area contributed by atoms with E-state index in [1.54, 1.807) is 24.3 Å². The van der Waals surface area contributed by atoms with Crippen LogP contribution in [0.5, 0.6) is 5.75 Å². The van der Waals surface area contributed by atoms with Gasteiger partial charge < -0.3 is 19.9 Å². The van der Waals surface area contributed by atoms with E-state index < -0.39 is 0 Å². The summed E-state index contributed by atoms with van der Waals surface area (Å²) in [5.41, 5.74) is 2.27. The molecule has 6 heteroatoms. The van der Waals surface area contributed by atoms with Gasteiger partial charge in [0.15, 0.2) is 0 Å². The Bertz CT molecular complexity index is 973. The van der Waals surface area contributed by atoms with E-state index in [9.17, 15) is 9.59 Å². The number of aromatic nitrogens is 1. The summed E-state index contributed by atoms with van der Waals surface area (Å²) in [6.07, 6.45) is 1.73. The molecule has 4 rings (SSSR count). The van der Waals surface area contributed by atoms with Crippen molar-refractivity contribution in [3.8, 4) is 5.75 Å². The number of nitrogens with one attached hydrogen (secondary N) is 2. The van der Waals surface area contributed by atoms with Crippen LogP contribution >= 0.6 is 0 Å². The van der Waals surface area contributed by atoms with Crippen molar-refractivity contribution in [2.75, 3.05) is 25.5 Å². The van der Waals surface area contributed by atoms with Gasteiger partial charge in [-0.15, -0.1) is 0 Å². The van der Waals surface area contributed by atoms with Crippen molar-refractivity contribution in [2.45, 2.75) is 0 Å². The first-order chi connectivity index (χ1) is 12.7. The zero-order chi connectivity index (χ0) is 18.1.